The third-order valence-corrected chi connectivity index (χ3v) is 5.95. The van der Waals surface area contributed by atoms with Crippen LogP contribution in [-0.2, 0) is 6.54 Å². The van der Waals surface area contributed by atoms with Gasteiger partial charge in [-0.15, -0.1) is 0 Å². The van der Waals surface area contributed by atoms with Crippen molar-refractivity contribution in [1.82, 2.24) is 14.5 Å². The van der Waals surface area contributed by atoms with Crippen LogP contribution in [0.5, 0.6) is 11.8 Å². The van der Waals surface area contributed by atoms with Gasteiger partial charge in [-0.05, 0) is 60.5 Å². The molecule has 0 amide bonds. The molecule has 5 rings (SSSR count). The molecule has 0 aliphatic carbocycles. The second kappa shape index (κ2) is 8.35. The maximum absolute atomic E-state index is 12.8. The number of imidazole rings is 1. The van der Waals surface area contributed by atoms with Crippen LogP contribution in [0.25, 0.3) is 33.1 Å². The van der Waals surface area contributed by atoms with Crippen LogP contribution in [0, 0.1) is 6.92 Å². The topological polar surface area (TPSA) is 80.1 Å². The monoisotopic (exact) mass is 499 g/mol. The number of nitrogens with zero attached hydrogens (tertiary/aromatic N) is 2. The van der Waals surface area contributed by atoms with E-state index in [1.165, 1.54) is 12.3 Å². The van der Waals surface area contributed by atoms with E-state index in [0.29, 0.717) is 43.8 Å². The van der Waals surface area contributed by atoms with Crippen molar-refractivity contribution in [1.29, 1.82) is 0 Å². The number of aromatic nitrogens is 3. The molecule has 2 heterocycles. The summed E-state index contributed by atoms with van der Waals surface area (Å²) in [5.41, 5.74) is 3.75. The number of nitrogens with one attached hydrogen (secondary N) is 1. The Morgan fingerprint density at radius 2 is 1.94 bits per heavy atom. The number of benzene rings is 3. The molecule has 6 nitrogen and oxygen atoms in total. The zero-order valence-corrected chi connectivity index (χ0v) is 18.9. The van der Waals surface area contributed by atoms with Crippen molar-refractivity contribution in [2.75, 3.05) is 0 Å². The van der Waals surface area contributed by atoms with Gasteiger partial charge in [-0.25, -0.2) is 4.79 Å². The molecule has 2 aromatic heterocycles. The Labute approximate surface area is 201 Å². The maximum Gasteiger partial charge on any atom is 0.406 e. The Kier molecular flexibility index (Phi) is 5.44. The average molecular weight is 500 g/mol. The lowest BCUT2D eigenvalue weighted by molar-refractivity contribution is -0.139. The highest BCUT2D eigenvalue weighted by molar-refractivity contribution is 6.34. The number of aryl methyl sites for hydroxylation is 1. The van der Waals surface area contributed by atoms with E-state index in [2.05, 4.69) is 9.97 Å². The summed E-state index contributed by atoms with van der Waals surface area (Å²) in [7, 11) is 0. The minimum Gasteiger partial charge on any atom is -0.478 e. The summed E-state index contributed by atoms with van der Waals surface area (Å²) in [5, 5.41) is 10.4. The summed E-state index contributed by atoms with van der Waals surface area (Å²) < 4.78 is 45.3. The number of hydrogen-bond donors (Lipinski definition) is 2. The molecule has 0 saturated carbocycles. The van der Waals surface area contributed by atoms with Crippen molar-refractivity contribution in [2.45, 2.75) is 19.6 Å². The van der Waals surface area contributed by atoms with Gasteiger partial charge in [0.2, 0.25) is 0 Å². The fourth-order valence-corrected chi connectivity index (χ4v) is 4.25. The third kappa shape index (κ3) is 4.54. The molecular formula is C25H17ClF3N3O3. The van der Waals surface area contributed by atoms with Gasteiger partial charge in [0.25, 0.3) is 6.01 Å². The number of alkyl halides is 3. The Balaban J connectivity index is 1.47. The van der Waals surface area contributed by atoms with Gasteiger partial charge in [0.05, 0.1) is 21.6 Å². The van der Waals surface area contributed by atoms with Crippen molar-refractivity contribution in [3.63, 3.8) is 0 Å². The minimum absolute atomic E-state index is 0.128. The van der Waals surface area contributed by atoms with Crippen LogP contribution >= 0.6 is 11.6 Å². The number of carboxylic acid groups (broad SMARTS) is 1. The smallest absolute Gasteiger partial charge is 0.406 e. The summed E-state index contributed by atoms with van der Waals surface area (Å²) in [6.45, 7) is 0.633. The number of fused-ring (bicyclic) bond motifs is 2. The van der Waals surface area contributed by atoms with Gasteiger partial charge in [0, 0.05) is 22.7 Å². The normalized spacial score (nSPS) is 11.9. The Bertz CT molecular complexity index is 1600. The van der Waals surface area contributed by atoms with Crippen molar-refractivity contribution < 1.29 is 27.8 Å². The molecule has 0 fully saturated rings. The molecule has 3 aromatic carbocycles. The number of halogens is 4. The second-order valence-corrected chi connectivity index (χ2v) is 8.51. The van der Waals surface area contributed by atoms with Gasteiger partial charge < -0.3 is 19.4 Å². The number of aromatic carboxylic acids is 1. The van der Waals surface area contributed by atoms with Crippen LogP contribution in [0.2, 0.25) is 5.02 Å². The molecule has 10 heteroatoms. The van der Waals surface area contributed by atoms with Gasteiger partial charge in [-0.3, -0.25) is 0 Å². The Hall–Kier alpha value is -3.98. The van der Waals surface area contributed by atoms with Crippen molar-refractivity contribution >= 4 is 39.5 Å². The molecule has 5 aromatic rings. The lowest BCUT2D eigenvalue weighted by Gasteiger charge is -2.10. The fourth-order valence-electron chi connectivity index (χ4n) is 3.98. The predicted octanol–water partition coefficient (Wildman–Crippen LogP) is 7.20. The largest absolute Gasteiger partial charge is 0.478 e. The quantitative estimate of drug-likeness (QED) is 0.268. The zero-order chi connectivity index (χ0) is 24.9. The minimum atomic E-state index is -4.31. The zero-order valence-electron chi connectivity index (χ0n) is 18.2. The molecule has 0 bridgehead atoms. The molecule has 0 saturated heterocycles. The van der Waals surface area contributed by atoms with E-state index in [9.17, 15) is 23.1 Å². The van der Waals surface area contributed by atoms with Gasteiger partial charge >= 0.3 is 12.1 Å². The summed E-state index contributed by atoms with van der Waals surface area (Å²) >= 11 is 6.52. The highest BCUT2D eigenvalue weighted by atomic mass is 35.5. The van der Waals surface area contributed by atoms with Gasteiger partial charge in [0.1, 0.15) is 12.3 Å². The van der Waals surface area contributed by atoms with E-state index in [1.54, 1.807) is 55.5 Å². The lowest BCUT2D eigenvalue weighted by atomic mass is 10.0. The number of hydrogen-bond acceptors (Lipinski definition) is 3. The molecule has 35 heavy (non-hydrogen) atoms. The molecule has 2 N–H and O–H groups in total. The number of carboxylic acids is 1. The summed E-state index contributed by atoms with van der Waals surface area (Å²) in [5.74, 6) is -0.744. The highest BCUT2D eigenvalue weighted by Gasteiger charge is 2.28. The molecule has 0 spiro atoms. The summed E-state index contributed by atoms with van der Waals surface area (Å²) in [4.78, 5) is 18.8. The van der Waals surface area contributed by atoms with Crippen LogP contribution in [-0.4, -0.2) is 31.8 Å². The number of H-pyrrole nitrogens is 1. The SMILES string of the molecule is Cc1ccc(Oc2nc3cc(-c4ccc5c(ccn5CC(F)(F)F)c4)c(Cl)cc3[nH]2)cc1C(=O)O. The molecule has 0 radical (unpaired) electrons. The van der Waals surface area contributed by atoms with E-state index < -0.39 is 18.7 Å². The molecule has 0 unspecified atom stereocenters. The van der Waals surface area contributed by atoms with E-state index in [0.717, 1.165) is 10.1 Å². The van der Waals surface area contributed by atoms with Crippen LogP contribution in [0.3, 0.4) is 0 Å². The lowest BCUT2D eigenvalue weighted by Crippen LogP contribution is -2.16. The third-order valence-electron chi connectivity index (χ3n) is 5.63. The van der Waals surface area contributed by atoms with Crippen LogP contribution in [0.15, 0.2) is 60.8 Å². The van der Waals surface area contributed by atoms with Crippen molar-refractivity contribution in [3.8, 4) is 22.9 Å². The van der Waals surface area contributed by atoms with E-state index in [4.69, 9.17) is 16.3 Å². The first-order valence-electron chi connectivity index (χ1n) is 10.4. The maximum atomic E-state index is 12.8. The Morgan fingerprint density at radius 1 is 1.14 bits per heavy atom. The molecule has 0 atom stereocenters. The van der Waals surface area contributed by atoms with Gasteiger partial charge in [-0.1, -0.05) is 23.7 Å². The fraction of sp³-hybridized carbons (Fsp3) is 0.120. The Morgan fingerprint density at radius 3 is 2.69 bits per heavy atom. The van der Waals surface area contributed by atoms with E-state index in [-0.39, 0.29) is 11.6 Å². The predicted molar refractivity (Wildman–Crippen MR) is 126 cm³/mol. The standard InChI is InChI=1S/C25H17ClF3N3O3/c1-13-2-4-16(9-17(13)23(33)34)35-24-30-20-10-18(19(26)11-21(20)31-24)14-3-5-22-15(8-14)6-7-32(22)12-25(27,28)29/h2-11H,12H2,1H3,(H,30,31)(H,33,34). The number of aromatic amines is 1. The van der Waals surface area contributed by atoms with Crippen LogP contribution in [0.4, 0.5) is 13.2 Å². The first-order chi connectivity index (χ1) is 16.6. The van der Waals surface area contributed by atoms with E-state index in [1.807, 2.05) is 0 Å². The molecule has 178 valence electrons. The first kappa shape index (κ1) is 22.8. The van der Waals surface area contributed by atoms with Crippen molar-refractivity contribution in [2.24, 2.45) is 0 Å². The number of ether oxygens (including phenoxy) is 1. The van der Waals surface area contributed by atoms with Crippen molar-refractivity contribution in [3.05, 3.63) is 76.9 Å². The highest BCUT2D eigenvalue weighted by Crippen LogP contribution is 2.35. The molecule has 0 aliphatic rings. The van der Waals surface area contributed by atoms with E-state index >= 15 is 0 Å². The average Bonchev–Trinajstić information content (AvgIpc) is 3.35. The molecule has 0 aliphatic heterocycles. The molecular weight excluding hydrogens is 483 g/mol. The summed E-state index contributed by atoms with van der Waals surface area (Å²) in [6.07, 6.45) is -2.91. The first-order valence-corrected chi connectivity index (χ1v) is 10.8. The number of carbonyl (C=O) groups is 1. The van der Waals surface area contributed by atoms with Gasteiger partial charge in [-0.2, -0.15) is 18.2 Å². The second-order valence-electron chi connectivity index (χ2n) is 8.11. The van der Waals surface area contributed by atoms with Crippen LogP contribution in [0.1, 0.15) is 15.9 Å². The summed E-state index contributed by atoms with van der Waals surface area (Å²) in [6, 6.07) is 15.1. The van der Waals surface area contributed by atoms with Crippen LogP contribution < -0.4 is 4.74 Å². The number of rotatable bonds is 5. The van der Waals surface area contributed by atoms with Gasteiger partial charge in [0.15, 0.2) is 0 Å².